The summed E-state index contributed by atoms with van der Waals surface area (Å²) in [5.41, 5.74) is 1.79. The fourth-order valence-electron chi connectivity index (χ4n) is 3.30. The van der Waals surface area contributed by atoms with Crippen molar-refractivity contribution in [1.29, 1.82) is 0 Å². The van der Waals surface area contributed by atoms with Gasteiger partial charge < -0.3 is 14.5 Å². The molecule has 0 spiro atoms. The molecule has 3 rings (SSSR count). The Kier molecular flexibility index (Phi) is 6.19. The number of likely N-dealkylation sites (N-methyl/N-ethyl adjacent to an activating group) is 2. The van der Waals surface area contributed by atoms with Crippen molar-refractivity contribution in [3.8, 4) is 0 Å². The van der Waals surface area contributed by atoms with Crippen molar-refractivity contribution < 1.29 is 19.1 Å². The molecular weight excluding hydrogens is 370 g/mol. The molecule has 0 saturated heterocycles. The number of carbonyl (C=O) groups excluding carboxylic acids is 3. The van der Waals surface area contributed by atoms with Gasteiger partial charge in [-0.3, -0.25) is 19.4 Å². The first-order valence-corrected chi connectivity index (χ1v) is 9.25. The van der Waals surface area contributed by atoms with Crippen molar-refractivity contribution >= 4 is 17.5 Å². The standard InChI is InChI=1S/C22H23N3O4/c1-24(13-11-15-8-6-7-12-23-15)19-20(25(2)18(26)14-29-3)22(28)17-10-5-4-9-16(17)21(19)27/h4-10,12H,11,13-14H2,1-3H3. The van der Waals surface area contributed by atoms with Gasteiger partial charge >= 0.3 is 0 Å². The van der Waals surface area contributed by atoms with Gasteiger partial charge in [-0.1, -0.05) is 30.3 Å². The summed E-state index contributed by atoms with van der Waals surface area (Å²) in [6.45, 7) is 0.275. The summed E-state index contributed by atoms with van der Waals surface area (Å²) in [7, 11) is 4.64. The molecule has 150 valence electrons. The highest BCUT2D eigenvalue weighted by Gasteiger charge is 2.37. The number of Topliss-reactive ketones (excluding diaryl/α,β-unsaturated/α-hetero) is 2. The molecule has 7 heteroatoms. The molecule has 1 aliphatic rings. The Hall–Kier alpha value is -3.32. The van der Waals surface area contributed by atoms with Crippen LogP contribution < -0.4 is 0 Å². The Bertz CT molecular complexity index is 969. The number of carbonyl (C=O) groups is 3. The number of hydrogen-bond donors (Lipinski definition) is 0. The van der Waals surface area contributed by atoms with E-state index in [-0.39, 0.29) is 29.6 Å². The molecule has 0 atom stereocenters. The first kappa shape index (κ1) is 20.4. The molecule has 0 N–H and O–H groups in total. The Labute approximate surface area is 169 Å². The van der Waals surface area contributed by atoms with Crippen LogP contribution in [-0.2, 0) is 16.0 Å². The summed E-state index contributed by atoms with van der Waals surface area (Å²) in [6.07, 6.45) is 2.30. The van der Waals surface area contributed by atoms with E-state index in [4.69, 9.17) is 4.74 Å². The van der Waals surface area contributed by atoms with E-state index in [0.717, 1.165) is 5.69 Å². The van der Waals surface area contributed by atoms with Crippen molar-refractivity contribution in [2.24, 2.45) is 0 Å². The minimum atomic E-state index is -0.404. The quantitative estimate of drug-likeness (QED) is 0.715. The van der Waals surface area contributed by atoms with E-state index in [9.17, 15) is 14.4 Å². The average Bonchev–Trinajstić information content (AvgIpc) is 2.74. The van der Waals surface area contributed by atoms with Gasteiger partial charge in [-0.15, -0.1) is 0 Å². The summed E-state index contributed by atoms with van der Waals surface area (Å²) in [5, 5.41) is 0. The van der Waals surface area contributed by atoms with Crippen LogP contribution >= 0.6 is 0 Å². The highest BCUT2D eigenvalue weighted by Crippen LogP contribution is 2.29. The smallest absolute Gasteiger partial charge is 0.252 e. The third-order valence-corrected chi connectivity index (χ3v) is 4.86. The van der Waals surface area contributed by atoms with E-state index in [1.54, 1.807) is 42.4 Å². The van der Waals surface area contributed by atoms with E-state index in [0.29, 0.717) is 24.1 Å². The lowest BCUT2D eigenvalue weighted by Gasteiger charge is -2.31. The third-order valence-electron chi connectivity index (χ3n) is 4.86. The predicted octanol–water partition coefficient (Wildman–Crippen LogP) is 1.95. The van der Waals surface area contributed by atoms with Crippen LogP contribution in [0.5, 0.6) is 0 Å². The van der Waals surface area contributed by atoms with Gasteiger partial charge in [0, 0.05) is 57.2 Å². The first-order valence-electron chi connectivity index (χ1n) is 9.25. The minimum absolute atomic E-state index is 0.0688. The number of pyridine rings is 1. The molecule has 1 heterocycles. The van der Waals surface area contributed by atoms with Crippen molar-refractivity contribution in [2.75, 3.05) is 34.4 Å². The topological polar surface area (TPSA) is 79.8 Å². The van der Waals surface area contributed by atoms with Gasteiger partial charge in [0.1, 0.15) is 18.0 Å². The maximum Gasteiger partial charge on any atom is 0.252 e. The molecular formula is C22H23N3O4. The number of hydrogen-bond acceptors (Lipinski definition) is 6. The van der Waals surface area contributed by atoms with E-state index >= 15 is 0 Å². The number of aromatic nitrogens is 1. The Morgan fingerprint density at radius 1 is 0.966 bits per heavy atom. The van der Waals surface area contributed by atoms with Gasteiger partial charge in [-0.05, 0) is 12.1 Å². The highest BCUT2D eigenvalue weighted by atomic mass is 16.5. The monoisotopic (exact) mass is 393 g/mol. The first-order chi connectivity index (χ1) is 14.0. The second-order valence-electron chi connectivity index (χ2n) is 6.78. The van der Waals surface area contributed by atoms with Crippen LogP contribution in [0, 0.1) is 0 Å². The molecule has 0 fully saturated rings. The van der Waals surface area contributed by atoms with Crippen LogP contribution in [0.25, 0.3) is 0 Å². The van der Waals surface area contributed by atoms with E-state index in [1.807, 2.05) is 18.2 Å². The van der Waals surface area contributed by atoms with E-state index < -0.39 is 5.91 Å². The van der Waals surface area contributed by atoms with Crippen molar-refractivity contribution in [3.05, 3.63) is 76.9 Å². The zero-order valence-electron chi connectivity index (χ0n) is 16.7. The Morgan fingerprint density at radius 2 is 1.59 bits per heavy atom. The van der Waals surface area contributed by atoms with Crippen LogP contribution in [0.3, 0.4) is 0 Å². The van der Waals surface area contributed by atoms with Crippen molar-refractivity contribution in [3.63, 3.8) is 0 Å². The van der Waals surface area contributed by atoms with Crippen molar-refractivity contribution in [1.82, 2.24) is 14.8 Å². The molecule has 1 aromatic heterocycles. The van der Waals surface area contributed by atoms with Gasteiger partial charge in [0.05, 0.1) is 0 Å². The SMILES string of the molecule is COCC(=O)N(C)C1=C(N(C)CCc2ccccn2)C(=O)c2ccccc2C1=O. The third kappa shape index (κ3) is 4.09. The number of ketones is 2. The fourth-order valence-corrected chi connectivity index (χ4v) is 3.30. The average molecular weight is 393 g/mol. The summed E-state index contributed by atoms with van der Waals surface area (Å²) < 4.78 is 4.92. The van der Waals surface area contributed by atoms with E-state index in [2.05, 4.69) is 4.98 Å². The largest absolute Gasteiger partial charge is 0.375 e. The number of ether oxygens (including phenoxy) is 1. The lowest BCUT2D eigenvalue weighted by Crippen LogP contribution is -2.41. The lowest BCUT2D eigenvalue weighted by molar-refractivity contribution is -0.131. The lowest BCUT2D eigenvalue weighted by atomic mass is 9.89. The number of nitrogens with zero attached hydrogens (tertiary/aromatic N) is 3. The predicted molar refractivity (Wildman–Crippen MR) is 107 cm³/mol. The van der Waals surface area contributed by atoms with Gasteiger partial charge in [-0.25, -0.2) is 0 Å². The highest BCUT2D eigenvalue weighted by molar-refractivity contribution is 6.27. The number of methoxy groups -OCH3 is 1. The van der Waals surface area contributed by atoms with Crippen LogP contribution in [0.4, 0.5) is 0 Å². The Morgan fingerprint density at radius 3 is 2.17 bits per heavy atom. The second-order valence-corrected chi connectivity index (χ2v) is 6.78. The van der Waals surface area contributed by atoms with Crippen LogP contribution in [0.15, 0.2) is 60.1 Å². The van der Waals surface area contributed by atoms with Crippen molar-refractivity contribution in [2.45, 2.75) is 6.42 Å². The summed E-state index contributed by atoms with van der Waals surface area (Å²) in [5.74, 6) is -1.04. The number of benzene rings is 1. The van der Waals surface area contributed by atoms with Gasteiger partial charge in [0.15, 0.2) is 0 Å². The maximum atomic E-state index is 13.3. The molecule has 7 nitrogen and oxygen atoms in total. The Balaban J connectivity index is 2.00. The van der Waals surface area contributed by atoms with Crippen LogP contribution in [0.1, 0.15) is 26.4 Å². The summed E-state index contributed by atoms with van der Waals surface area (Å²) in [6, 6.07) is 12.3. The zero-order chi connectivity index (χ0) is 21.0. The van der Waals surface area contributed by atoms with Gasteiger partial charge in [0.25, 0.3) is 5.91 Å². The van der Waals surface area contributed by atoms with Crippen LogP contribution in [-0.4, -0.2) is 66.6 Å². The van der Waals surface area contributed by atoms with E-state index in [1.165, 1.54) is 19.1 Å². The second kappa shape index (κ2) is 8.79. The molecule has 0 radical (unpaired) electrons. The van der Waals surface area contributed by atoms with Gasteiger partial charge in [0.2, 0.25) is 11.6 Å². The number of fused-ring (bicyclic) bond motifs is 1. The molecule has 1 aromatic carbocycles. The molecule has 2 aromatic rings. The number of allylic oxidation sites excluding steroid dienone is 2. The minimum Gasteiger partial charge on any atom is -0.375 e. The summed E-state index contributed by atoms with van der Waals surface area (Å²) in [4.78, 5) is 46.2. The molecule has 0 saturated carbocycles. The molecule has 0 aliphatic heterocycles. The van der Waals surface area contributed by atoms with Crippen LogP contribution in [0.2, 0.25) is 0 Å². The number of rotatable bonds is 7. The van der Waals surface area contributed by atoms with Gasteiger partial charge in [-0.2, -0.15) is 0 Å². The molecule has 29 heavy (non-hydrogen) atoms. The molecule has 0 bridgehead atoms. The number of amides is 1. The maximum absolute atomic E-state index is 13.3. The zero-order valence-corrected chi connectivity index (χ0v) is 16.7. The molecule has 0 unspecified atom stereocenters. The fraction of sp³-hybridized carbons (Fsp3) is 0.273. The summed E-state index contributed by atoms with van der Waals surface area (Å²) >= 11 is 0. The normalized spacial score (nSPS) is 13.3. The molecule has 1 aliphatic carbocycles. The molecule has 1 amide bonds.